The van der Waals surface area contributed by atoms with E-state index < -0.39 is 4.92 Å². The molecule has 0 saturated carbocycles. The van der Waals surface area contributed by atoms with Crippen LogP contribution in [0, 0.1) is 17.0 Å². The van der Waals surface area contributed by atoms with Crippen molar-refractivity contribution in [2.75, 3.05) is 5.43 Å². The van der Waals surface area contributed by atoms with E-state index in [1.165, 1.54) is 24.4 Å². The van der Waals surface area contributed by atoms with E-state index in [0.29, 0.717) is 22.1 Å². The number of rotatable bonds is 5. The molecule has 7 heteroatoms. The van der Waals surface area contributed by atoms with Crippen molar-refractivity contribution in [3.63, 3.8) is 0 Å². The van der Waals surface area contributed by atoms with Crippen molar-refractivity contribution in [1.29, 1.82) is 0 Å². The van der Waals surface area contributed by atoms with Crippen molar-refractivity contribution in [2.45, 2.75) is 6.92 Å². The first-order valence-corrected chi connectivity index (χ1v) is 7.81. The summed E-state index contributed by atoms with van der Waals surface area (Å²) in [6.07, 6.45) is 1.53. The van der Waals surface area contributed by atoms with Crippen molar-refractivity contribution < 1.29 is 9.34 Å². The van der Waals surface area contributed by atoms with Crippen molar-refractivity contribution in [3.05, 3.63) is 81.1 Å². The lowest BCUT2D eigenvalue weighted by molar-refractivity contribution is -0.384. The predicted molar refractivity (Wildman–Crippen MR) is 98.2 cm³/mol. The third-order valence-corrected chi connectivity index (χ3v) is 3.90. The third kappa shape index (κ3) is 3.87. The lowest BCUT2D eigenvalue weighted by Gasteiger charge is -2.02. The zero-order valence-corrected chi connectivity index (χ0v) is 14.0. The summed E-state index contributed by atoms with van der Waals surface area (Å²) in [7, 11) is 0. The number of hydrazone groups is 1. The molecule has 0 spiro atoms. The first-order chi connectivity index (χ1) is 12.0. The summed E-state index contributed by atoms with van der Waals surface area (Å²) < 4.78 is 5.66. The van der Waals surface area contributed by atoms with Gasteiger partial charge < -0.3 is 4.42 Å². The zero-order chi connectivity index (χ0) is 17.8. The Bertz CT molecular complexity index is 950. The summed E-state index contributed by atoms with van der Waals surface area (Å²) in [6, 6.07) is 15.4. The van der Waals surface area contributed by atoms with Gasteiger partial charge in [-0.25, -0.2) is 0 Å². The average Bonchev–Trinajstić information content (AvgIpc) is 3.05. The van der Waals surface area contributed by atoms with E-state index in [1.54, 1.807) is 12.1 Å². The molecule has 1 aromatic heterocycles. The average molecular weight is 356 g/mol. The standard InChI is InChI=1S/C18H14ClN3O3/c1-12-4-2-3-5-17(12)21-20-11-14-7-9-18(25-14)15-10-13(22(23)24)6-8-16(15)19/h2-11,21H,1H3/b20-11+. The van der Waals surface area contributed by atoms with Crippen LogP contribution < -0.4 is 5.43 Å². The number of nitrogens with one attached hydrogen (secondary N) is 1. The first kappa shape index (κ1) is 16.7. The van der Waals surface area contributed by atoms with Gasteiger partial charge in [0.25, 0.3) is 5.69 Å². The van der Waals surface area contributed by atoms with Gasteiger partial charge in [-0.05, 0) is 36.8 Å². The number of benzene rings is 2. The van der Waals surface area contributed by atoms with Crippen LogP contribution in [0.1, 0.15) is 11.3 Å². The molecule has 0 aliphatic heterocycles. The monoisotopic (exact) mass is 355 g/mol. The van der Waals surface area contributed by atoms with Crippen LogP contribution in [0.25, 0.3) is 11.3 Å². The number of nitro benzene ring substituents is 1. The van der Waals surface area contributed by atoms with Crippen LogP contribution in [0.5, 0.6) is 0 Å². The van der Waals surface area contributed by atoms with Crippen molar-refractivity contribution in [3.8, 4) is 11.3 Å². The molecule has 0 aliphatic carbocycles. The first-order valence-electron chi connectivity index (χ1n) is 7.43. The molecule has 0 atom stereocenters. The number of non-ortho nitro benzene ring substituents is 1. The van der Waals surface area contributed by atoms with Gasteiger partial charge in [0.1, 0.15) is 11.5 Å². The summed E-state index contributed by atoms with van der Waals surface area (Å²) in [5.74, 6) is 0.935. The molecule has 0 bridgehead atoms. The Kier molecular flexibility index (Phi) is 4.81. The normalized spacial score (nSPS) is 11.0. The number of anilines is 1. The highest BCUT2D eigenvalue weighted by Crippen LogP contribution is 2.32. The summed E-state index contributed by atoms with van der Waals surface area (Å²) in [5, 5.41) is 15.4. The van der Waals surface area contributed by atoms with E-state index in [2.05, 4.69) is 10.5 Å². The highest BCUT2D eigenvalue weighted by atomic mass is 35.5. The van der Waals surface area contributed by atoms with E-state index in [9.17, 15) is 10.1 Å². The lowest BCUT2D eigenvalue weighted by Crippen LogP contribution is -1.91. The van der Waals surface area contributed by atoms with E-state index in [4.69, 9.17) is 16.0 Å². The summed E-state index contributed by atoms with van der Waals surface area (Å²) in [6.45, 7) is 1.98. The van der Waals surface area contributed by atoms with Gasteiger partial charge in [-0.1, -0.05) is 29.8 Å². The molecule has 6 nitrogen and oxygen atoms in total. The highest BCUT2D eigenvalue weighted by molar-refractivity contribution is 6.33. The number of aryl methyl sites for hydroxylation is 1. The second kappa shape index (κ2) is 7.19. The van der Waals surface area contributed by atoms with Crippen LogP contribution >= 0.6 is 11.6 Å². The molecule has 0 unspecified atom stereocenters. The van der Waals surface area contributed by atoms with Crippen LogP contribution in [0.15, 0.2) is 64.1 Å². The highest BCUT2D eigenvalue weighted by Gasteiger charge is 2.14. The maximum atomic E-state index is 10.9. The Morgan fingerprint density at radius 1 is 1.20 bits per heavy atom. The smallest absolute Gasteiger partial charge is 0.270 e. The molecule has 3 rings (SSSR count). The Hall–Kier alpha value is -3.12. The minimum absolute atomic E-state index is 0.0489. The zero-order valence-electron chi connectivity index (χ0n) is 13.3. The van der Waals surface area contributed by atoms with Gasteiger partial charge in [-0.3, -0.25) is 15.5 Å². The molecule has 25 heavy (non-hydrogen) atoms. The molecule has 3 aromatic rings. The van der Waals surface area contributed by atoms with Crippen LogP contribution in [0.4, 0.5) is 11.4 Å². The molecule has 0 radical (unpaired) electrons. The van der Waals surface area contributed by atoms with Crippen LogP contribution in [-0.2, 0) is 0 Å². The number of furan rings is 1. The number of halogens is 1. The van der Waals surface area contributed by atoms with Crippen LogP contribution in [-0.4, -0.2) is 11.1 Å². The number of nitro groups is 1. The Balaban J connectivity index is 1.79. The second-order valence-corrected chi connectivity index (χ2v) is 5.72. The Labute approximate surface area is 148 Å². The number of para-hydroxylation sites is 1. The van der Waals surface area contributed by atoms with Gasteiger partial charge in [0.15, 0.2) is 0 Å². The van der Waals surface area contributed by atoms with Crippen LogP contribution in [0.2, 0.25) is 5.02 Å². The van der Waals surface area contributed by atoms with Crippen molar-refractivity contribution in [2.24, 2.45) is 5.10 Å². The number of hydrogen-bond acceptors (Lipinski definition) is 5. The maximum absolute atomic E-state index is 10.9. The van der Waals surface area contributed by atoms with E-state index >= 15 is 0 Å². The fraction of sp³-hybridized carbons (Fsp3) is 0.0556. The minimum atomic E-state index is -0.475. The Morgan fingerprint density at radius 3 is 2.76 bits per heavy atom. The number of hydrogen-bond donors (Lipinski definition) is 1. The molecule has 0 saturated heterocycles. The molecule has 126 valence electrons. The summed E-state index contributed by atoms with van der Waals surface area (Å²) in [4.78, 5) is 10.4. The molecule has 0 aliphatic rings. The van der Waals surface area contributed by atoms with E-state index in [1.807, 2.05) is 31.2 Å². The molecule has 0 amide bonds. The van der Waals surface area contributed by atoms with E-state index in [-0.39, 0.29) is 5.69 Å². The topological polar surface area (TPSA) is 80.7 Å². The second-order valence-electron chi connectivity index (χ2n) is 5.31. The molecular weight excluding hydrogens is 342 g/mol. The van der Waals surface area contributed by atoms with Gasteiger partial charge in [0.2, 0.25) is 0 Å². The molecule has 2 aromatic carbocycles. The molecular formula is C18H14ClN3O3. The van der Waals surface area contributed by atoms with Crippen molar-refractivity contribution in [1.82, 2.24) is 0 Å². The molecule has 1 N–H and O–H groups in total. The largest absolute Gasteiger partial charge is 0.455 e. The third-order valence-electron chi connectivity index (χ3n) is 3.57. The van der Waals surface area contributed by atoms with Gasteiger partial charge in [-0.15, -0.1) is 0 Å². The molecule has 0 fully saturated rings. The minimum Gasteiger partial charge on any atom is -0.455 e. The Morgan fingerprint density at radius 2 is 2.00 bits per heavy atom. The lowest BCUT2D eigenvalue weighted by atomic mass is 10.1. The summed E-state index contributed by atoms with van der Waals surface area (Å²) in [5.41, 5.74) is 5.32. The number of nitrogens with zero attached hydrogens (tertiary/aromatic N) is 2. The van der Waals surface area contributed by atoms with Gasteiger partial charge in [0.05, 0.1) is 21.8 Å². The summed E-state index contributed by atoms with van der Waals surface area (Å²) >= 11 is 6.12. The quantitative estimate of drug-likeness (QED) is 0.384. The van der Waals surface area contributed by atoms with E-state index in [0.717, 1.165) is 11.3 Å². The molecule has 1 heterocycles. The van der Waals surface area contributed by atoms with Crippen LogP contribution in [0.3, 0.4) is 0 Å². The SMILES string of the molecule is Cc1ccccc1N/N=C/c1ccc(-c2cc([N+](=O)[O-])ccc2Cl)o1. The van der Waals surface area contributed by atoms with Gasteiger partial charge in [0, 0.05) is 17.7 Å². The predicted octanol–water partition coefficient (Wildman–Crippen LogP) is 5.26. The maximum Gasteiger partial charge on any atom is 0.270 e. The van der Waals surface area contributed by atoms with Gasteiger partial charge >= 0.3 is 0 Å². The van der Waals surface area contributed by atoms with Crippen molar-refractivity contribution >= 4 is 29.2 Å². The fourth-order valence-corrected chi connectivity index (χ4v) is 2.46. The fourth-order valence-electron chi connectivity index (χ4n) is 2.25. The van der Waals surface area contributed by atoms with Gasteiger partial charge in [-0.2, -0.15) is 5.10 Å².